The van der Waals surface area contributed by atoms with E-state index in [0.717, 1.165) is 50.9 Å². The first-order valence-electron chi connectivity index (χ1n) is 18.8. The molecule has 1 aliphatic rings. The Morgan fingerprint density at radius 1 is 0.618 bits per heavy atom. The van der Waals surface area contributed by atoms with Gasteiger partial charge in [0.15, 0.2) is 5.82 Å². The van der Waals surface area contributed by atoms with E-state index < -0.39 is 0 Å². The SMILES string of the molecule is Cc1cc(C)c(N2CN(c3cc(Oc4ccc5c6ccccc6n(-c6cc(C(C)(C)C)ccn6)c5c4)cc4c3sc3ccccc34)c3ncccc32)c(C)c1. The second-order valence-corrected chi connectivity index (χ2v) is 16.8. The average molecular weight is 736 g/mol. The fourth-order valence-electron chi connectivity index (χ4n) is 8.52. The molecule has 0 saturated heterocycles. The van der Waals surface area contributed by atoms with Gasteiger partial charge in [0.05, 0.1) is 27.1 Å². The van der Waals surface area contributed by atoms with E-state index in [2.05, 4.69) is 165 Å². The predicted octanol–water partition coefficient (Wildman–Crippen LogP) is 13.2. The zero-order valence-corrected chi connectivity index (χ0v) is 32.7. The zero-order chi connectivity index (χ0) is 37.6. The van der Waals surface area contributed by atoms with Gasteiger partial charge in [-0.25, -0.2) is 9.97 Å². The van der Waals surface area contributed by atoms with Gasteiger partial charge in [-0.1, -0.05) is 74.9 Å². The average Bonchev–Trinajstić information content (AvgIpc) is 3.84. The molecule has 0 atom stereocenters. The third kappa shape index (κ3) is 5.44. The van der Waals surface area contributed by atoms with Gasteiger partial charge in [0, 0.05) is 56.5 Å². The standard InChI is InChI=1S/C48H41N5OS/c1-29-22-30(2)45(31(3)23-29)51-28-52(47-40(51)15-11-20-50-47)42-27-34(25-38-37-13-8-10-16-43(37)55-46(38)42)54-33-17-18-36-35-12-7-9-14-39(35)53(41(36)26-33)44-24-32(19-21-49-44)48(4,5)6/h7-27H,28H2,1-6H3. The van der Waals surface area contributed by atoms with E-state index in [4.69, 9.17) is 14.7 Å². The Morgan fingerprint density at radius 3 is 2.20 bits per heavy atom. The highest BCUT2D eigenvalue weighted by Gasteiger charge is 2.33. The van der Waals surface area contributed by atoms with Crippen molar-refractivity contribution in [3.8, 4) is 17.3 Å². The molecule has 0 amide bonds. The molecule has 9 aromatic rings. The predicted molar refractivity (Wildman–Crippen MR) is 231 cm³/mol. The third-order valence-corrected chi connectivity index (χ3v) is 12.2. The molecule has 0 bridgehead atoms. The molecule has 1 aliphatic heterocycles. The number of aromatic nitrogens is 3. The van der Waals surface area contributed by atoms with Crippen molar-refractivity contribution in [3.63, 3.8) is 0 Å². The first-order valence-corrected chi connectivity index (χ1v) is 19.7. The first-order chi connectivity index (χ1) is 26.6. The number of pyridine rings is 2. The molecular formula is C48H41N5OS. The van der Waals surface area contributed by atoms with Gasteiger partial charge in [-0.2, -0.15) is 0 Å². The Labute approximate surface area is 324 Å². The topological polar surface area (TPSA) is 46.4 Å². The first kappa shape index (κ1) is 33.4. The molecule has 7 heteroatoms. The summed E-state index contributed by atoms with van der Waals surface area (Å²) in [6.07, 6.45) is 3.82. The number of hydrogen-bond acceptors (Lipinski definition) is 6. The summed E-state index contributed by atoms with van der Waals surface area (Å²) in [5, 5.41) is 4.74. The number of ether oxygens (including phenoxy) is 1. The number of fused-ring (bicyclic) bond motifs is 7. The summed E-state index contributed by atoms with van der Waals surface area (Å²) in [5.74, 6) is 3.38. The smallest absolute Gasteiger partial charge is 0.158 e. The van der Waals surface area contributed by atoms with E-state index in [-0.39, 0.29) is 5.41 Å². The maximum absolute atomic E-state index is 6.94. The third-order valence-electron chi connectivity index (χ3n) is 10.9. The highest BCUT2D eigenvalue weighted by molar-refractivity contribution is 7.26. The van der Waals surface area contributed by atoms with Gasteiger partial charge < -0.3 is 14.5 Å². The fourth-order valence-corrected chi connectivity index (χ4v) is 9.72. The molecule has 0 fully saturated rings. The maximum Gasteiger partial charge on any atom is 0.158 e. The van der Waals surface area contributed by atoms with E-state index in [9.17, 15) is 0 Å². The lowest BCUT2D eigenvalue weighted by atomic mass is 9.88. The van der Waals surface area contributed by atoms with E-state index in [1.54, 1.807) is 0 Å². The van der Waals surface area contributed by atoms with E-state index in [0.29, 0.717) is 6.67 Å². The number of rotatable bonds is 5. The summed E-state index contributed by atoms with van der Waals surface area (Å²) in [6, 6.07) is 41.1. The highest BCUT2D eigenvalue weighted by Crippen LogP contribution is 2.50. The van der Waals surface area contributed by atoms with Crippen LogP contribution in [0.5, 0.6) is 11.5 Å². The molecule has 4 aromatic heterocycles. The lowest BCUT2D eigenvalue weighted by molar-refractivity contribution is 0.484. The van der Waals surface area contributed by atoms with Crippen LogP contribution < -0.4 is 14.5 Å². The second kappa shape index (κ2) is 12.4. The minimum Gasteiger partial charge on any atom is -0.457 e. The number of aryl methyl sites for hydroxylation is 3. The van der Waals surface area contributed by atoms with Crippen molar-refractivity contribution in [1.29, 1.82) is 0 Å². The number of nitrogens with zero attached hydrogens (tertiary/aromatic N) is 5. The van der Waals surface area contributed by atoms with Crippen molar-refractivity contribution in [2.24, 2.45) is 0 Å². The van der Waals surface area contributed by atoms with Crippen LogP contribution in [-0.4, -0.2) is 21.2 Å². The van der Waals surface area contributed by atoms with Crippen LogP contribution >= 0.6 is 11.3 Å². The summed E-state index contributed by atoms with van der Waals surface area (Å²) in [4.78, 5) is 14.7. The van der Waals surface area contributed by atoms with Gasteiger partial charge in [0.2, 0.25) is 0 Å². The van der Waals surface area contributed by atoms with E-state index in [1.807, 2.05) is 29.8 Å². The molecule has 0 aliphatic carbocycles. The minimum absolute atomic E-state index is 0.00684. The molecule has 55 heavy (non-hydrogen) atoms. The normalized spacial score (nSPS) is 13.1. The molecule has 6 nitrogen and oxygen atoms in total. The number of benzene rings is 5. The maximum atomic E-state index is 6.94. The van der Waals surface area contributed by atoms with Gasteiger partial charge in [0.25, 0.3) is 0 Å². The van der Waals surface area contributed by atoms with Crippen LogP contribution in [0.15, 0.2) is 128 Å². The van der Waals surface area contributed by atoms with Crippen molar-refractivity contribution in [3.05, 3.63) is 150 Å². The Hall–Kier alpha value is -6.18. The van der Waals surface area contributed by atoms with Crippen LogP contribution in [0.4, 0.5) is 22.9 Å². The van der Waals surface area contributed by atoms with Crippen LogP contribution in [0, 0.1) is 20.8 Å². The van der Waals surface area contributed by atoms with Crippen LogP contribution in [0.3, 0.4) is 0 Å². The Kier molecular flexibility index (Phi) is 7.55. The van der Waals surface area contributed by atoms with Gasteiger partial charge in [-0.3, -0.25) is 4.57 Å². The summed E-state index contributed by atoms with van der Waals surface area (Å²) in [5.41, 5.74) is 10.6. The van der Waals surface area contributed by atoms with Crippen molar-refractivity contribution >= 4 is 76.2 Å². The van der Waals surface area contributed by atoms with Gasteiger partial charge in [0.1, 0.15) is 24.0 Å². The van der Waals surface area contributed by atoms with Crippen LogP contribution in [0.1, 0.15) is 43.0 Å². The van der Waals surface area contributed by atoms with Gasteiger partial charge >= 0.3 is 0 Å². The number of para-hydroxylation sites is 1. The lowest BCUT2D eigenvalue weighted by Crippen LogP contribution is -2.25. The van der Waals surface area contributed by atoms with Crippen molar-refractivity contribution in [2.45, 2.75) is 47.0 Å². The van der Waals surface area contributed by atoms with Gasteiger partial charge in [-0.05, 0) is 97.5 Å². The fraction of sp³-hybridized carbons (Fsp3) is 0.167. The molecule has 10 rings (SSSR count). The molecule has 0 unspecified atom stereocenters. The molecule has 0 saturated carbocycles. The molecule has 0 N–H and O–H groups in total. The van der Waals surface area contributed by atoms with E-state index in [1.165, 1.54) is 53.5 Å². The van der Waals surface area contributed by atoms with Crippen molar-refractivity contribution in [2.75, 3.05) is 16.5 Å². The van der Waals surface area contributed by atoms with Crippen molar-refractivity contribution < 1.29 is 4.74 Å². The summed E-state index contributed by atoms with van der Waals surface area (Å²) >= 11 is 1.82. The van der Waals surface area contributed by atoms with Crippen LogP contribution in [-0.2, 0) is 5.41 Å². The van der Waals surface area contributed by atoms with Gasteiger partial charge in [-0.15, -0.1) is 11.3 Å². The molecule has 270 valence electrons. The monoisotopic (exact) mass is 735 g/mol. The van der Waals surface area contributed by atoms with E-state index >= 15 is 0 Å². The minimum atomic E-state index is -0.00684. The summed E-state index contributed by atoms with van der Waals surface area (Å²) < 4.78 is 11.7. The Morgan fingerprint density at radius 2 is 1.38 bits per heavy atom. The Bertz CT molecular complexity index is 2960. The molecular weight excluding hydrogens is 695 g/mol. The second-order valence-electron chi connectivity index (χ2n) is 15.8. The summed E-state index contributed by atoms with van der Waals surface area (Å²) in [6.45, 7) is 13.9. The molecule has 0 radical (unpaired) electrons. The molecule has 5 aromatic carbocycles. The Balaban J connectivity index is 1.13. The molecule has 5 heterocycles. The number of anilines is 4. The van der Waals surface area contributed by atoms with Crippen molar-refractivity contribution in [1.82, 2.24) is 14.5 Å². The zero-order valence-electron chi connectivity index (χ0n) is 31.9. The quantitative estimate of drug-likeness (QED) is 0.176. The van der Waals surface area contributed by atoms with Crippen LogP contribution in [0.25, 0.3) is 47.8 Å². The largest absolute Gasteiger partial charge is 0.457 e. The van der Waals surface area contributed by atoms with Crippen LogP contribution in [0.2, 0.25) is 0 Å². The number of hydrogen-bond donors (Lipinski definition) is 0. The summed E-state index contributed by atoms with van der Waals surface area (Å²) in [7, 11) is 0. The molecule has 0 spiro atoms. The number of thiophene rings is 1. The highest BCUT2D eigenvalue weighted by atomic mass is 32.1. The lowest BCUT2D eigenvalue weighted by Gasteiger charge is -2.25.